The van der Waals surface area contributed by atoms with Gasteiger partial charge in [-0.05, 0) is 67.9 Å². The molecule has 0 atom stereocenters. The molecule has 0 fully saturated rings. The van der Waals surface area contributed by atoms with Crippen molar-refractivity contribution in [2.45, 2.75) is 116 Å². The third kappa shape index (κ3) is 14.5. The molecule has 0 heterocycles. The Bertz CT molecular complexity index is 893. The van der Waals surface area contributed by atoms with Crippen molar-refractivity contribution in [1.29, 1.82) is 0 Å². The summed E-state index contributed by atoms with van der Waals surface area (Å²) in [6.07, 6.45) is 17.9. The van der Waals surface area contributed by atoms with Gasteiger partial charge in [0.05, 0.1) is 0 Å². The van der Waals surface area contributed by atoms with Crippen LogP contribution in [0, 0.1) is 0 Å². The standard InChI is InChI=1S/C32H46O5/c33-31(34)25-16-9-5-1-3-7-12-19-27-20-18-24-30(37-28-21-13-11-14-22-28)29(27)23-15-8-4-2-6-10-17-26-32(35)36/h11,13-14,18,20-22,24H,1-10,12,15-17,19,23,25-26H2,(H,33,34)(H,35,36). The fourth-order valence-electron chi connectivity index (χ4n) is 4.78. The fourth-order valence-corrected chi connectivity index (χ4v) is 4.78. The van der Waals surface area contributed by atoms with Crippen LogP contribution in [0.25, 0.3) is 0 Å². The zero-order chi connectivity index (χ0) is 26.6. The van der Waals surface area contributed by atoms with Crippen molar-refractivity contribution in [1.82, 2.24) is 0 Å². The summed E-state index contributed by atoms with van der Waals surface area (Å²) in [4.78, 5) is 21.2. The van der Waals surface area contributed by atoms with E-state index in [4.69, 9.17) is 14.9 Å². The van der Waals surface area contributed by atoms with E-state index < -0.39 is 11.9 Å². The van der Waals surface area contributed by atoms with Crippen molar-refractivity contribution in [3.05, 3.63) is 59.7 Å². The number of benzene rings is 2. The Hall–Kier alpha value is -2.82. The first-order valence-electron chi connectivity index (χ1n) is 14.3. The molecule has 0 amide bonds. The Labute approximate surface area is 223 Å². The zero-order valence-electron chi connectivity index (χ0n) is 22.5. The van der Waals surface area contributed by atoms with Gasteiger partial charge >= 0.3 is 11.9 Å². The minimum atomic E-state index is -0.694. The van der Waals surface area contributed by atoms with Gasteiger partial charge in [-0.1, -0.05) is 94.5 Å². The monoisotopic (exact) mass is 510 g/mol. The van der Waals surface area contributed by atoms with E-state index in [9.17, 15) is 9.59 Å². The Morgan fingerprint density at radius 1 is 0.541 bits per heavy atom. The Kier molecular flexibility index (Phi) is 15.9. The minimum Gasteiger partial charge on any atom is -0.481 e. The van der Waals surface area contributed by atoms with Crippen molar-refractivity contribution in [2.75, 3.05) is 0 Å². The molecule has 0 aromatic heterocycles. The highest BCUT2D eigenvalue weighted by Crippen LogP contribution is 2.30. The van der Waals surface area contributed by atoms with Crippen LogP contribution in [0.15, 0.2) is 48.5 Å². The molecule has 0 spiro atoms. The van der Waals surface area contributed by atoms with Gasteiger partial charge < -0.3 is 14.9 Å². The molecule has 0 saturated carbocycles. The summed E-state index contributed by atoms with van der Waals surface area (Å²) in [5.74, 6) is 0.448. The topological polar surface area (TPSA) is 83.8 Å². The lowest BCUT2D eigenvalue weighted by Gasteiger charge is -2.16. The summed E-state index contributed by atoms with van der Waals surface area (Å²) >= 11 is 0. The number of carboxylic acid groups (broad SMARTS) is 2. The average molecular weight is 511 g/mol. The van der Waals surface area contributed by atoms with E-state index in [2.05, 4.69) is 18.2 Å². The average Bonchev–Trinajstić information content (AvgIpc) is 2.88. The second-order valence-electron chi connectivity index (χ2n) is 10.0. The van der Waals surface area contributed by atoms with Gasteiger partial charge in [0.25, 0.3) is 0 Å². The molecule has 0 aliphatic heterocycles. The number of rotatable bonds is 22. The molecule has 204 valence electrons. The molecule has 2 rings (SSSR count). The van der Waals surface area contributed by atoms with Crippen LogP contribution in [0.4, 0.5) is 0 Å². The maximum absolute atomic E-state index is 10.6. The van der Waals surface area contributed by atoms with Crippen LogP contribution in [-0.2, 0) is 22.4 Å². The Morgan fingerprint density at radius 3 is 1.57 bits per heavy atom. The molecular weight excluding hydrogens is 464 g/mol. The maximum Gasteiger partial charge on any atom is 0.303 e. The molecule has 0 radical (unpaired) electrons. The van der Waals surface area contributed by atoms with E-state index in [1.165, 1.54) is 49.7 Å². The summed E-state index contributed by atoms with van der Waals surface area (Å²) < 4.78 is 6.30. The number of aryl methyl sites for hydroxylation is 1. The summed E-state index contributed by atoms with van der Waals surface area (Å²) in [6.45, 7) is 0. The number of ether oxygens (including phenoxy) is 1. The van der Waals surface area contributed by atoms with Gasteiger partial charge in [0.2, 0.25) is 0 Å². The highest BCUT2D eigenvalue weighted by molar-refractivity contribution is 5.66. The van der Waals surface area contributed by atoms with Gasteiger partial charge in [-0.2, -0.15) is 0 Å². The summed E-state index contributed by atoms with van der Waals surface area (Å²) in [5.41, 5.74) is 2.73. The van der Waals surface area contributed by atoms with Gasteiger partial charge in [-0.25, -0.2) is 0 Å². The van der Waals surface area contributed by atoms with Crippen molar-refractivity contribution < 1.29 is 24.5 Å². The first-order valence-corrected chi connectivity index (χ1v) is 14.3. The summed E-state index contributed by atoms with van der Waals surface area (Å²) in [5, 5.41) is 17.5. The number of aliphatic carboxylic acids is 2. The lowest BCUT2D eigenvalue weighted by atomic mass is 9.95. The van der Waals surface area contributed by atoms with Crippen molar-refractivity contribution in [3.8, 4) is 11.5 Å². The number of hydrogen-bond donors (Lipinski definition) is 2. The van der Waals surface area contributed by atoms with Crippen LogP contribution >= 0.6 is 0 Å². The number of para-hydroxylation sites is 1. The quantitative estimate of drug-likeness (QED) is 0.154. The second kappa shape index (κ2) is 19.3. The first-order chi connectivity index (χ1) is 18.1. The highest BCUT2D eigenvalue weighted by atomic mass is 16.5. The molecule has 0 bridgehead atoms. The van der Waals surface area contributed by atoms with Crippen LogP contribution < -0.4 is 4.74 Å². The van der Waals surface area contributed by atoms with Gasteiger partial charge in [0.15, 0.2) is 0 Å². The zero-order valence-corrected chi connectivity index (χ0v) is 22.5. The minimum absolute atomic E-state index is 0.285. The Balaban J connectivity index is 1.80. The van der Waals surface area contributed by atoms with Gasteiger partial charge in [0, 0.05) is 12.8 Å². The lowest BCUT2D eigenvalue weighted by Crippen LogP contribution is -2.00. The van der Waals surface area contributed by atoms with Gasteiger partial charge in [-0.3, -0.25) is 9.59 Å². The summed E-state index contributed by atoms with van der Waals surface area (Å²) in [7, 11) is 0. The molecule has 0 unspecified atom stereocenters. The largest absolute Gasteiger partial charge is 0.481 e. The van der Waals surface area contributed by atoms with E-state index in [0.717, 1.165) is 75.7 Å². The molecule has 5 heteroatoms. The van der Waals surface area contributed by atoms with Gasteiger partial charge in [0.1, 0.15) is 11.5 Å². The van der Waals surface area contributed by atoms with Crippen LogP contribution in [-0.4, -0.2) is 22.2 Å². The highest BCUT2D eigenvalue weighted by Gasteiger charge is 2.11. The van der Waals surface area contributed by atoms with Crippen LogP contribution in [0.3, 0.4) is 0 Å². The molecule has 2 aromatic carbocycles. The molecule has 2 N–H and O–H groups in total. The lowest BCUT2D eigenvalue weighted by molar-refractivity contribution is -0.138. The molecular formula is C32H46O5. The third-order valence-electron chi connectivity index (χ3n) is 6.86. The predicted octanol–water partition coefficient (Wildman–Crippen LogP) is 8.97. The molecule has 37 heavy (non-hydrogen) atoms. The molecule has 5 nitrogen and oxygen atoms in total. The van der Waals surface area contributed by atoms with E-state index in [1.54, 1.807) is 0 Å². The van der Waals surface area contributed by atoms with E-state index in [1.807, 2.05) is 30.3 Å². The molecule has 0 aliphatic carbocycles. The van der Waals surface area contributed by atoms with Gasteiger partial charge in [-0.15, -0.1) is 0 Å². The number of carbonyl (C=O) groups is 2. The fraction of sp³-hybridized carbons (Fsp3) is 0.562. The summed E-state index contributed by atoms with van der Waals surface area (Å²) in [6, 6.07) is 16.4. The van der Waals surface area contributed by atoms with E-state index in [0.29, 0.717) is 0 Å². The second-order valence-corrected chi connectivity index (χ2v) is 10.0. The maximum atomic E-state index is 10.6. The number of hydrogen-bond acceptors (Lipinski definition) is 3. The van der Waals surface area contributed by atoms with Crippen LogP contribution in [0.2, 0.25) is 0 Å². The van der Waals surface area contributed by atoms with Crippen molar-refractivity contribution >= 4 is 11.9 Å². The van der Waals surface area contributed by atoms with Crippen molar-refractivity contribution in [2.24, 2.45) is 0 Å². The Morgan fingerprint density at radius 2 is 1.03 bits per heavy atom. The van der Waals surface area contributed by atoms with Crippen LogP contribution in [0.1, 0.15) is 114 Å². The SMILES string of the molecule is O=C(O)CCCCCCCCCc1cccc(Oc2ccccc2)c1CCCCCCCCCC(=O)O. The molecule has 0 aliphatic rings. The van der Waals surface area contributed by atoms with Crippen molar-refractivity contribution in [3.63, 3.8) is 0 Å². The van der Waals surface area contributed by atoms with Crippen LogP contribution in [0.5, 0.6) is 11.5 Å². The predicted molar refractivity (Wildman–Crippen MR) is 150 cm³/mol. The third-order valence-corrected chi connectivity index (χ3v) is 6.86. The van der Waals surface area contributed by atoms with E-state index >= 15 is 0 Å². The first kappa shape index (κ1) is 30.4. The molecule has 0 saturated heterocycles. The smallest absolute Gasteiger partial charge is 0.303 e. The van der Waals surface area contributed by atoms with E-state index in [-0.39, 0.29) is 12.8 Å². The number of carboxylic acids is 2. The normalized spacial score (nSPS) is 10.9. The number of unbranched alkanes of at least 4 members (excludes halogenated alkanes) is 12. The molecule has 2 aromatic rings.